The zero-order valence-corrected chi connectivity index (χ0v) is 7.87. The number of H-pyrrole nitrogens is 1. The SMILES string of the molecule is Oc1c(F)cccc1CNc1cn[nH]c1. The molecule has 2 rings (SSSR count). The molecule has 0 saturated carbocycles. The zero-order chi connectivity index (χ0) is 10.7. The first kappa shape index (κ1) is 9.51. The fraction of sp³-hybridized carbons (Fsp3) is 0.100. The van der Waals surface area contributed by atoms with Crippen molar-refractivity contribution in [3.63, 3.8) is 0 Å². The van der Waals surface area contributed by atoms with Gasteiger partial charge in [-0.25, -0.2) is 4.39 Å². The third-order valence-electron chi connectivity index (χ3n) is 2.05. The minimum Gasteiger partial charge on any atom is -0.505 e. The molecule has 0 bridgehead atoms. The van der Waals surface area contributed by atoms with Gasteiger partial charge in [-0.05, 0) is 6.07 Å². The first-order chi connectivity index (χ1) is 7.27. The number of aromatic nitrogens is 2. The Kier molecular flexibility index (Phi) is 2.53. The van der Waals surface area contributed by atoms with Gasteiger partial charge in [-0.15, -0.1) is 0 Å². The average molecular weight is 207 g/mol. The summed E-state index contributed by atoms with van der Waals surface area (Å²) >= 11 is 0. The van der Waals surface area contributed by atoms with Crippen LogP contribution >= 0.6 is 0 Å². The molecular weight excluding hydrogens is 197 g/mol. The van der Waals surface area contributed by atoms with Crippen LogP contribution in [-0.4, -0.2) is 15.3 Å². The molecule has 0 amide bonds. The molecular formula is C10H10FN3O. The van der Waals surface area contributed by atoms with Crippen LogP contribution in [0, 0.1) is 5.82 Å². The highest BCUT2D eigenvalue weighted by molar-refractivity contribution is 5.41. The summed E-state index contributed by atoms with van der Waals surface area (Å²) < 4.78 is 12.9. The van der Waals surface area contributed by atoms with Crippen molar-refractivity contribution < 1.29 is 9.50 Å². The number of phenols is 1. The van der Waals surface area contributed by atoms with Gasteiger partial charge >= 0.3 is 0 Å². The Balaban J connectivity index is 2.08. The molecule has 5 heteroatoms. The van der Waals surface area contributed by atoms with Crippen molar-refractivity contribution in [1.29, 1.82) is 0 Å². The molecule has 0 aliphatic rings. The summed E-state index contributed by atoms with van der Waals surface area (Å²) in [6.07, 6.45) is 3.28. The topological polar surface area (TPSA) is 60.9 Å². The Morgan fingerprint density at radius 2 is 2.33 bits per heavy atom. The maximum absolute atomic E-state index is 12.9. The van der Waals surface area contributed by atoms with Crippen LogP contribution in [0.15, 0.2) is 30.6 Å². The molecule has 0 unspecified atom stereocenters. The van der Waals surface area contributed by atoms with E-state index in [4.69, 9.17) is 0 Å². The van der Waals surface area contributed by atoms with Crippen molar-refractivity contribution in [3.8, 4) is 5.75 Å². The fourth-order valence-corrected chi connectivity index (χ4v) is 1.25. The van der Waals surface area contributed by atoms with Crippen LogP contribution in [0.2, 0.25) is 0 Å². The third-order valence-corrected chi connectivity index (χ3v) is 2.05. The van der Waals surface area contributed by atoms with E-state index in [0.29, 0.717) is 12.1 Å². The third kappa shape index (κ3) is 2.07. The predicted molar refractivity (Wildman–Crippen MR) is 54.0 cm³/mol. The second kappa shape index (κ2) is 4.00. The molecule has 78 valence electrons. The molecule has 0 atom stereocenters. The Hall–Kier alpha value is -2.04. The summed E-state index contributed by atoms with van der Waals surface area (Å²) in [5, 5.41) is 18.8. The Bertz CT molecular complexity index is 442. The minimum atomic E-state index is -0.610. The van der Waals surface area contributed by atoms with E-state index in [9.17, 15) is 9.50 Å². The highest BCUT2D eigenvalue weighted by Gasteiger charge is 2.05. The molecule has 4 nitrogen and oxygen atoms in total. The highest BCUT2D eigenvalue weighted by atomic mass is 19.1. The van der Waals surface area contributed by atoms with E-state index < -0.39 is 5.82 Å². The molecule has 2 aromatic rings. The van der Waals surface area contributed by atoms with Gasteiger partial charge in [0.25, 0.3) is 0 Å². The van der Waals surface area contributed by atoms with Crippen molar-refractivity contribution in [2.75, 3.05) is 5.32 Å². The lowest BCUT2D eigenvalue weighted by Crippen LogP contribution is -1.99. The second-order valence-electron chi connectivity index (χ2n) is 3.09. The number of hydrogen-bond donors (Lipinski definition) is 3. The van der Waals surface area contributed by atoms with Gasteiger partial charge in [0.15, 0.2) is 11.6 Å². The van der Waals surface area contributed by atoms with Gasteiger partial charge in [0.1, 0.15) is 0 Å². The monoisotopic (exact) mass is 207 g/mol. The van der Waals surface area contributed by atoms with Gasteiger partial charge < -0.3 is 10.4 Å². The molecule has 0 aliphatic carbocycles. The van der Waals surface area contributed by atoms with Crippen molar-refractivity contribution in [3.05, 3.63) is 42.0 Å². The van der Waals surface area contributed by atoms with E-state index in [0.717, 1.165) is 5.69 Å². The molecule has 1 aromatic heterocycles. The summed E-state index contributed by atoms with van der Waals surface area (Å²) in [5.41, 5.74) is 1.30. The normalized spacial score (nSPS) is 10.2. The number of nitrogens with one attached hydrogen (secondary N) is 2. The highest BCUT2D eigenvalue weighted by Crippen LogP contribution is 2.21. The Morgan fingerprint density at radius 1 is 1.47 bits per heavy atom. The average Bonchev–Trinajstić information content (AvgIpc) is 2.73. The van der Waals surface area contributed by atoms with E-state index in [-0.39, 0.29) is 5.75 Å². The van der Waals surface area contributed by atoms with Gasteiger partial charge in [0.05, 0.1) is 11.9 Å². The fourth-order valence-electron chi connectivity index (χ4n) is 1.25. The number of rotatable bonds is 3. The van der Waals surface area contributed by atoms with E-state index in [2.05, 4.69) is 15.5 Å². The molecule has 0 fully saturated rings. The van der Waals surface area contributed by atoms with Crippen LogP contribution in [0.5, 0.6) is 5.75 Å². The molecule has 0 radical (unpaired) electrons. The van der Waals surface area contributed by atoms with E-state index in [1.165, 1.54) is 6.07 Å². The molecule has 0 aliphatic heterocycles. The van der Waals surface area contributed by atoms with E-state index >= 15 is 0 Å². The summed E-state index contributed by atoms with van der Waals surface area (Å²) in [7, 11) is 0. The lowest BCUT2D eigenvalue weighted by atomic mass is 10.2. The summed E-state index contributed by atoms with van der Waals surface area (Å²) in [5.74, 6) is -0.921. The summed E-state index contributed by atoms with van der Waals surface area (Å²) in [6, 6.07) is 4.43. The molecule has 15 heavy (non-hydrogen) atoms. The maximum Gasteiger partial charge on any atom is 0.165 e. The van der Waals surface area contributed by atoms with Gasteiger partial charge in [-0.1, -0.05) is 12.1 Å². The number of nitrogens with zero attached hydrogens (tertiary/aromatic N) is 1. The van der Waals surface area contributed by atoms with Gasteiger partial charge in [0, 0.05) is 18.3 Å². The number of aromatic hydroxyl groups is 1. The predicted octanol–water partition coefficient (Wildman–Crippen LogP) is 1.87. The van der Waals surface area contributed by atoms with Crippen LogP contribution in [0.4, 0.5) is 10.1 Å². The Morgan fingerprint density at radius 3 is 3.07 bits per heavy atom. The molecule has 3 N–H and O–H groups in total. The van der Waals surface area contributed by atoms with Crippen LogP contribution in [0.3, 0.4) is 0 Å². The smallest absolute Gasteiger partial charge is 0.165 e. The van der Waals surface area contributed by atoms with E-state index in [1.54, 1.807) is 24.5 Å². The molecule has 1 aromatic carbocycles. The standard InChI is InChI=1S/C10H10FN3O/c11-9-3-1-2-7(10(9)15)4-12-8-5-13-14-6-8/h1-3,5-6,12,15H,4H2,(H,13,14). The number of halogens is 1. The lowest BCUT2D eigenvalue weighted by Gasteiger charge is -2.06. The minimum absolute atomic E-state index is 0.312. The molecule has 0 saturated heterocycles. The quantitative estimate of drug-likeness (QED) is 0.720. The van der Waals surface area contributed by atoms with Crippen LogP contribution in [0.1, 0.15) is 5.56 Å². The number of phenolic OH excluding ortho intramolecular Hbond substituents is 1. The van der Waals surface area contributed by atoms with Crippen molar-refractivity contribution >= 4 is 5.69 Å². The summed E-state index contributed by atoms with van der Waals surface area (Å²) in [6.45, 7) is 0.350. The first-order valence-electron chi connectivity index (χ1n) is 4.46. The molecule has 1 heterocycles. The second-order valence-corrected chi connectivity index (χ2v) is 3.09. The number of hydrogen-bond acceptors (Lipinski definition) is 3. The van der Waals surface area contributed by atoms with Crippen molar-refractivity contribution in [2.24, 2.45) is 0 Å². The van der Waals surface area contributed by atoms with Crippen LogP contribution < -0.4 is 5.32 Å². The molecule has 0 spiro atoms. The van der Waals surface area contributed by atoms with Crippen molar-refractivity contribution in [2.45, 2.75) is 6.54 Å². The zero-order valence-electron chi connectivity index (χ0n) is 7.87. The van der Waals surface area contributed by atoms with Gasteiger partial charge in [0.2, 0.25) is 0 Å². The first-order valence-corrected chi connectivity index (χ1v) is 4.46. The van der Waals surface area contributed by atoms with Crippen molar-refractivity contribution in [1.82, 2.24) is 10.2 Å². The van der Waals surface area contributed by atoms with Gasteiger partial charge in [-0.2, -0.15) is 5.10 Å². The number of benzene rings is 1. The summed E-state index contributed by atoms with van der Waals surface area (Å²) in [4.78, 5) is 0. The number of anilines is 1. The van der Waals surface area contributed by atoms with Gasteiger partial charge in [-0.3, -0.25) is 5.10 Å². The lowest BCUT2D eigenvalue weighted by molar-refractivity contribution is 0.427. The van der Waals surface area contributed by atoms with Crippen LogP contribution in [0.25, 0.3) is 0 Å². The largest absolute Gasteiger partial charge is 0.505 e. The van der Waals surface area contributed by atoms with Crippen LogP contribution in [-0.2, 0) is 6.54 Å². The van der Waals surface area contributed by atoms with E-state index in [1.807, 2.05) is 0 Å². The Labute approximate surface area is 85.8 Å². The number of aromatic amines is 1. The maximum atomic E-state index is 12.9. The number of para-hydroxylation sites is 1.